The Morgan fingerprint density at radius 2 is 2.08 bits per heavy atom. The van der Waals surface area contributed by atoms with Crippen molar-refractivity contribution in [2.24, 2.45) is 0 Å². The fourth-order valence-electron chi connectivity index (χ4n) is 0.865. The summed E-state index contributed by atoms with van der Waals surface area (Å²) in [6.07, 6.45) is 0. The van der Waals surface area contributed by atoms with Crippen molar-refractivity contribution < 1.29 is 9.09 Å². The molecule has 0 radical (unpaired) electrons. The molecule has 0 aliphatic carbocycles. The maximum Gasteiger partial charge on any atom is 0.385 e. The summed E-state index contributed by atoms with van der Waals surface area (Å²) in [6, 6.07) is 9.06. The first-order valence-corrected chi connectivity index (χ1v) is 6.44. The van der Waals surface area contributed by atoms with E-state index >= 15 is 0 Å². The number of benzene rings is 1. The molecule has 72 valence electrons. The summed E-state index contributed by atoms with van der Waals surface area (Å²) >= 11 is 5.59. The Kier molecular flexibility index (Phi) is 3.79. The SMILES string of the molecule is CCOP(=O)(Cl)Nc1ccccc1. The zero-order valence-corrected chi connectivity index (χ0v) is 8.89. The van der Waals surface area contributed by atoms with E-state index in [4.69, 9.17) is 15.8 Å². The van der Waals surface area contributed by atoms with Gasteiger partial charge in [-0.25, -0.2) is 4.57 Å². The molecule has 1 rings (SSSR count). The van der Waals surface area contributed by atoms with Gasteiger partial charge in [-0.2, -0.15) is 0 Å². The molecular weight excluding hydrogens is 209 g/mol. The second-order valence-electron chi connectivity index (χ2n) is 2.38. The van der Waals surface area contributed by atoms with Crippen molar-refractivity contribution in [2.75, 3.05) is 11.7 Å². The zero-order chi connectivity index (χ0) is 9.73. The Labute approximate surface area is 82.4 Å². The summed E-state index contributed by atoms with van der Waals surface area (Å²) in [5.74, 6) is 0. The number of hydrogen-bond donors (Lipinski definition) is 1. The maximum atomic E-state index is 11.4. The minimum Gasteiger partial charge on any atom is -0.303 e. The summed E-state index contributed by atoms with van der Waals surface area (Å²) < 4.78 is 16.3. The highest BCUT2D eigenvalue weighted by atomic mass is 35.7. The summed E-state index contributed by atoms with van der Waals surface area (Å²) in [7, 11) is 0. The Morgan fingerprint density at radius 3 is 2.62 bits per heavy atom. The van der Waals surface area contributed by atoms with Crippen molar-refractivity contribution in [2.45, 2.75) is 6.92 Å². The number of nitrogens with one attached hydrogen (secondary N) is 1. The van der Waals surface area contributed by atoms with Gasteiger partial charge in [-0.05, 0) is 30.3 Å². The van der Waals surface area contributed by atoms with Gasteiger partial charge in [0.2, 0.25) is 0 Å². The molecule has 0 aliphatic heterocycles. The van der Waals surface area contributed by atoms with Crippen molar-refractivity contribution in [3.63, 3.8) is 0 Å². The van der Waals surface area contributed by atoms with Crippen LogP contribution in [-0.4, -0.2) is 6.61 Å². The fraction of sp³-hybridized carbons (Fsp3) is 0.250. The number of anilines is 1. The molecule has 0 heterocycles. The molecule has 1 aromatic carbocycles. The van der Waals surface area contributed by atoms with Crippen molar-refractivity contribution in [3.05, 3.63) is 30.3 Å². The summed E-state index contributed by atoms with van der Waals surface area (Å²) in [5.41, 5.74) is 0.689. The molecule has 1 unspecified atom stereocenters. The van der Waals surface area contributed by atoms with Gasteiger partial charge in [-0.3, -0.25) is 0 Å². The van der Waals surface area contributed by atoms with E-state index in [-0.39, 0.29) is 0 Å². The van der Waals surface area contributed by atoms with Crippen LogP contribution >= 0.6 is 18.1 Å². The second kappa shape index (κ2) is 4.66. The molecule has 0 saturated carbocycles. The van der Waals surface area contributed by atoms with Crippen molar-refractivity contribution in [1.29, 1.82) is 0 Å². The minimum atomic E-state index is -3.19. The van der Waals surface area contributed by atoms with E-state index in [1.165, 1.54) is 0 Å². The van der Waals surface area contributed by atoms with Gasteiger partial charge in [0.25, 0.3) is 0 Å². The Bertz CT molecular complexity index is 304. The molecule has 0 amide bonds. The first-order chi connectivity index (χ1) is 6.14. The van der Waals surface area contributed by atoms with E-state index < -0.39 is 6.87 Å². The lowest BCUT2D eigenvalue weighted by molar-refractivity contribution is 0.348. The first kappa shape index (κ1) is 10.6. The molecule has 0 bridgehead atoms. The van der Waals surface area contributed by atoms with Crippen LogP contribution in [0.5, 0.6) is 0 Å². The molecule has 3 nitrogen and oxygen atoms in total. The van der Waals surface area contributed by atoms with Crippen molar-refractivity contribution in [1.82, 2.24) is 0 Å². The lowest BCUT2D eigenvalue weighted by atomic mass is 10.3. The summed E-state index contributed by atoms with van der Waals surface area (Å²) in [4.78, 5) is 0. The highest BCUT2D eigenvalue weighted by molar-refractivity contribution is 7.86. The molecule has 0 aromatic heterocycles. The van der Waals surface area contributed by atoms with Crippen LogP contribution in [0.3, 0.4) is 0 Å². The van der Waals surface area contributed by atoms with Gasteiger partial charge < -0.3 is 9.61 Å². The molecule has 5 heteroatoms. The Balaban J connectivity index is 2.64. The van der Waals surface area contributed by atoms with Crippen LogP contribution in [0.4, 0.5) is 5.69 Å². The van der Waals surface area contributed by atoms with E-state index in [2.05, 4.69) is 5.09 Å². The van der Waals surface area contributed by atoms with Gasteiger partial charge in [-0.15, -0.1) is 0 Å². The van der Waals surface area contributed by atoms with Crippen LogP contribution in [0.2, 0.25) is 0 Å². The molecule has 1 aromatic rings. The molecule has 0 aliphatic rings. The number of halogens is 1. The van der Waals surface area contributed by atoms with Gasteiger partial charge in [0.05, 0.1) is 6.61 Å². The summed E-state index contributed by atoms with van der Waals surface area (Å²) in [5, 5.41) is 2.62. The number of rotatable bonds is 4. The van der Waals surface area contributed by atoms with Gasteiger partial charge >= 0.3 is 6.87 Å². The number of hydrogen-bond acceptors (Lipinski definition) is 2. The Hall–Kier alpha value is -0.500. The maximum absolute atomic E-state index is 11.4. The van der Waals surface area contributed by atoms with Crippen LogP contribution in [0.15, 0.2) is 30.3 Å². The van der Waals surface area contributed by atoms with Gasteiger partial charge in [0, 0.05) is 5.69 Å². The van der Waals surface area contributed by atoms with Gasteiger partial charge in [0.15, 0.2) is 0 Å². The second-order valence-corrected chi connectivity index (χ2v) is 5.15. The van der Waals surface area contributed by atoms with Crippen LogP contribution in [0.25, 0.3) is 0 Å². The lowest BCUT2D eigenvalue weighted by Crippen LogP contribution is -1.95. The highest BCUT2D eigenvalue weighted by Gasteiger charge is 2.17. The monoisotopic (exact) mass is 219 g/mol. The van der Waals surface area contributed by atoms with Gasteiger partial charge in [0.1, 0.15) is 0 Å². The van der Waals surface area contributed by atoms with E-state index in [1.807, 2.05) is 18.2 Å². The van der Waals surface area contributed by atoms with E-state index in [0.29, 0.717) is 12.3 Å². The zero-order valence-electron chi connectivity index (χ0n) is 7.24. The van der Waals surface area contributed by atoms with Crippen LogP contribution in [-0.2, 0) is 9.09 Å². The average molecular weight is 220 g/mol. The molecular formula is C8H11ClNO2P. The minimum absolute atomic E-state index is 0.320. The fourth-order valence-corrected chi connectivity index (χ4v) is 2.30. The van der Waals surface area contributed by atoms with Crippen LogP contribution in [0, 0.1) is 0 Å². The van der Waals surface area contributed by atoms with E-state index in [1.54, 1.807) is 19.1 Å². The third-order valence-corrected chi connectivity index (χ3v) is 2.99. The quantitative estimate of drug-likeness (QED) is 0.788. The average Bonchev–Trinajstić information content (AvgIpc) is 2.04. The van der Waals surface area contributed by atoms with Crippen molar-refractivity contribution in [3.8, 4) is 0 Å². The van der Waals surface area contributed by atoms with E-state index in [9.17, 15) is 4.57 Å². The molecule has 0 saturated heterocycles. The molecule has 13 heavy (non-hydrogen) atoms. The van der Waals surface area contributed by atoms with Crippen molar-refractivity contribution >= 4 is 23.8 Å². The third-order valence-electron chi connectivity index (χ3n) is 1.33. The van der Waals surface area contributed by atoms with E-state index in [0.717, 1.165) is 0 Å². The number of para-hydroxylation sites is 1. The topological polar surface area (TPSA) is 38.3 Å². The molecule has 0 fully saturated rings. The lowest BCUT2D eigenvalue weighted by Gasteiger charge is -2.12. The predicted molar refractivity (Wildman–Crippen MR) is 55.2 cm³/mol. The predicted octanol–water partition coefficient (Wildman–Crippen LogP) is 3.48. The Morgan fingerprint density at radius 1 is 1.46 bits per heavy atom. The standard InChI is InChI=1S/C8H11ClNO2P/c1-2-12-13(9,11)10-8-6-4-3-5-7-8/h3-7H,2H2,1H3,(H,10,11). The molecule has 0 spiro atoms. The summed E-state index contributed by atoms with van der Waals surface area (Å²) in [6.45, 7) is -1.13. The normalized spacial score (nSPS) is 14.9. The van der Waals surface area contributed by atoms with Crippen LogP contribution < -0.4 is 5.09 Å². The van der Waals surface area contributed by atoms with Gasteiger partial charge in [-0.1, -0.05) is 18.2 Å². The first-order valence-electron chi connectivity index (χ1n) is 3.91. The smallest absolute Gasteiger partial charge is 0.303 e. The highest BCUT2D eigenvalue weighted by Crippen LogP contribution is 2.51. The third kappa shape index (κ3) is 3.81. The largest absolute Gasteiger partial charge is 0.385 e. The van der Waals surface area contributed by atoms with Crippen LogP contribution in [0.1, 0.15) is 6.92 Å². The molecule has 1 N–H and O–H groups in total. The molecule has 1 atom stereocenters.